The third kappa shape index (κ3) is 3.10. The number of piperazine rings is 1. The number of carbonyl (C=O) groups is 2. The highest BCUT2D eigenvalue weighted by Crippen LogP contribution is 2.19. The van der Waals surface area contributed by atoms with Gasteiger partial charge in [-0.25, -0.2) is 0 Å². The maximum atomic E-state index is 12.3. The predicted molar refractivity (Wildman–Crippen MR) is 86.2 cm³/mol. The second-order valence-electron chi connectivity index (χ2n) is 5.76. The van der Waals surface area contributed by atoms with E-state index in [-0.39, 0.29) is 18.4 Å². The summed E-state index contributed by atoms with van der Waals surface area (Å²) in [5.74, 6) is -0.300. The van der Waals surface area contributed by atoms with Gasteiger partial charge in [0.05, 0.1) is 18.3 Å². The molecule has 3 rings (SSSR count). The molecule has 0 radical (unpaired) electrons. The van der Waals surface area contributed by atoms with E-state index in [1.807, 2.05) is 11.0 Å². The Bertz CT molecular complexity index is 710. The molecule has 0 spiro atoms. The van der Waals surface area contributed by atoms with Crippen LogP contribution in [0.4, 0.5) is 0 Å². The largest absolute Gasteiger partial charge is 0.463 e. The maximum absolute atomic E-state index is 12.3. The molecular weight excluding hydrogens is 296 g/mol. The van der Waals surface area contributed by atoms with E-state index < -0.39 is 0 Å². The summed E-state index contributed by atoms with van der Waals surface area (Å²) < 4.78 is 7.05. The molecule has 2 aromatic heterocycles. The van der Waals surface area contributed by atoms with E-state index in [1.54, 1.807) is 23.9 Å². The number of hydrogen-bond acceptors (Lipinski definition) is 4. The number of aryl methyl sites for hydroxylation is 1. The van der Waals surface area contributed by atoms with Gasteiger partial charge in [0.2, 0.25) is 5.91 Å². The lowest BCUT2D eigenvalue weighted by atomic mass is 10.3. The molecule has 7 nitrogen and oxygen atoms in total. The zero-order valence-electron chi connectivity index (χ0n) is 13.5. The fourth-order valence-electron chi connectivity index (χ4n) is 2.94. The fraction of sp³-hybridized carbons (Fsp3) is 0.500. The Hall–Kier alpha value is -2.28. The molecular formula is C16H22N4O3. The number of likely N-dealkylation sites (N-methyl/N-ethyl adjacent to an activating group) is 1. The number of rotatable bonds is 4. The van der Waals surface area contributed by atoms with Gasteiger partial charge in [-0.15, -0.1) is 0 Å². The van der Waals surface area contributed by atoms with Crippen LogP contribution in [0.5, 0.6) is 0 Å². The summed E-state index contributed by atoms with van der Waals surface area (Å²) in [5.41, 5.74) is 2.01. The molecule has 3 heterocycles. The minimum Gasteiger partial charge on any atom is -0.463 e. The van der Waals surface area contributed by atoms with E-state index in [4.69, 9.17) is 4.42 Å². The molecule has 1 fully saturated rings. The highest BCUT2D eigenvalue weighted by Gasteiger charge is 2.21. The van der Waals surface area contributed by atoms with E-state index in [0.717, 1.165) is 38.2 Å². The minimum atomic E-state index is -0.264. The number of nitrogens with one attached hydrogen (secondary N) is 1. The summed E-state index contributed by atoms with van der Waals surface area (Å²) in [6, 6.07) is 3.50. The van der Waals surface area contributed by atoms with Crippen LogP contribution >= 0.6 is 0 Å². The van der Waals surface area contributed by atoms with E-state index >= 15 is 0 Å². The number of carbonyl (C=O) groups excluding carboxylic acids is 2. The third-order valence-corrected chi connectivity index (χ3v) is 4.47. The van der Waals surface area contributed by atoms with Crippen molar-refractivity contribution in [1.29, 1.82) is 0 Å². The Morgan fingerprint density at radius 3 is 2.65 bits per heavy atom. The molecule has 0 aromatic carbocycles. The van der Waals surface area contributed by atoms with Crippen molar-refractivity contribution in [2.45, 2.75) is 6.92 Å². The van der Waals surface area contributed by atoms with Crippen LogP contribution in [0.15, 0.2) is 22.8 Å². The number of nitrogens with zero attached hydrogens (tertiary/aromatic N) is 3. The summed E-state index contributed by atoms with van der Waals surface area (Å²) in [4.78, 5) is 28.6. The highest BCUT2D eigenvalue weighted by atomic mass is 16.3. The van der Waals surface area contributed by atoms with Crippen LogP contribution in [0.25, 0.3) is 11.1 Å². The summed E-state index contributed by atoms with van der Waals surface area (Å²) in [7, 11) is 1.80. The minimum absolute atomic E-state index is 0.0253. The Balaban J connectivity index is 1.55. The Morgan fingerprint density at radius 2 is 2.00 bits per heavy atom. The molecule has 0 atom stereocenters. The number of amides is 2. The number of fused-ring (bicyclic) bond motifs is 1. The lowest BCUT2D eigenvalue weighted by Crippen LogP contribution is -2.51. The molecule has 1 aliphatic rings. The lowest BCUT2D eigenvalue weighted by Gasteiger charge is -2.34. The van der Waals surface area contributed by atoms with Gasteiger partial charge in [0.25, 0.3) is 5.91 Å². The first kappa shape index (κ1) is 15.6. The van der Waals surface area contributed by atoms with Crippen LogP contribution in [-0.2, 0) is 11.8 Å². The van der Waals surface area contributed by atoms with Crippen molar-refractivity contribution in [2.75, 3.05) is 39.3 Å². The van der Waals surface area contributed by atoms with Gasteiger partial charge in [0.1, 0.15) is 5.69 Å². The molecule has 1 aliphatic heterocycles. The van der Waals surface area contributed by atoms with Gasteiger partial charge in [-0.3, -0.25) is 9.59 Å². The zero-order chi connectivity index (χ0) is 16.4. The van der Waals surface area contributed by atoms with Crippen molar-refractivity contribution < 1.29 is 14.0 Å². The van der Waals surface area contributed by atoms with Crippen LogP contribution in [-0.4, -0.2) is 65.4 Å². The molecule has 23 heavy (non-hydrogen) atoms. The van der Waals surface area contributed by atoms with Gasteiger partial charge in [-0.2, -0.15) is 0 Å². The average molecular weight is 318 g/mol. The van der Waals surface area contributed by atoms with E-state index in [9.17, 15) is 9.59 Å². The summed E-state index contributed by atoms with van der Waals surface area (Å²) in [5, 5.41) is 2.71. The van der Waals surface area contributed by atoms with Gasteiger partial charge in [-0.1, -0.05) is 6.92 Å². The Kier molecular flexibility index (Phi) is 4.38. The molecule has 1 saturated heterocycles. The summed E-state index contributed by atoms with van der Waals surface area (Å²) >= 11 is 0. The first-order valence-electron chi connectivity index (χ1n) is 7.91. The number of furan rings is 1. The smallest absolute Gasteiger partial charge is 0.268 e. The van der Waals surface area contributed by atoms with E-state index in [1.165, 1.54) is 0 Å². The monoisotopic (exact) mass is 318 g/mol. The van der Waals surface area contributed by atoms with Crippen LogP contribution in [0.2, 0.25) is 0 Å². The van der Waals surface area contributed by atoms with Crippen molar-refractivity contribution in [3.63, 3.8) is 0 Å². The average Bonchev–Trinajstić information content (AvgIpc) is 3.15. The standard InChI is InChI=1S/C16H22N4O3/c1-3-19-5-7-20(8-6-19)15(21)11-17-16(22)13-10-14-12(18(13)2)4-9-23-14/h4,9-10H,3,5-8,11H2,1-2H3,(H,17,22). The summed E-state index contributed by atoms with van der Waals surface area (Å²) in [6.45, 7) is 6.38. The molecule has 0 bridgehead atoms. The fourth-order valence-corrected chi connectivity index (χ4v) is 2.94. The number of aromatic nitrogens is 1. The quantitative estimate of drug-likeness (QED) is 0.899. The van der Waals surface area contributed by atoms with Gasteiger partial charge >= 0.3 is 0 Å². The first-order chi connectivity index (χ1) is 11.1. The molecule has 7 heteroatoms. The maximum Gasteiger partial charge on any atom is 0.268 e. The van der Waals surface area contributed by atoms with Crippen LogP contribution in [0.1, 0.15) is 17.4 Å². The van der Waals surface area contributed by atoms with Gasteiger partial charge < -0.3 is 24.1 Å². The van der Waals surface area contributed by atoms with E-state index in [2.05, 4.69) is 17.1 Å². The van der Waals surface area contributed by atoms with Crippen molar-refractivity contribution in [1.82, 2.24) is 19.7 Å². The third-order valence-electron chi connectivity index (χ3n) is 4.47. The molecule has 124 valence electrons. The van der Waals surface area contributed by atoms with Crippen LogP contribution in [0, 0.1) is 0 Å². The predicted octanol–water partition coefficient (Wildman–Crippen LogP) is 0.665. The molecule has 0 unspecified atom stereocenters. The molecule has 1 N–H and O–H groups in total. The van der Waals surface area contributed by atoms with Crippen LogP contribution < -0.4 is 5.32 Å². The van der Waals surface area contributed by atoms with Crippen molar-refractivity contribution in [3.05, 3.63) is 24.1 Å². The molecule has 0 saturated carbocycles. The first-order valence-corrected chi connectivity index (χ1v) is 7.91. The topological polar surface area (TPSA) is 70.7 Å². The SMILES string of the molecule is CCN1CCN(C(=O)CNC(=O)c2cc3occc3n2C)CC1. The van der Waals surface area contributed by atoms with E-state index in [0.29, 0.717) is 11.3 Å². The second-order valence-corrected chi connectivity index (χ2v) is 5.76. The molecule has 2 aromatic rings. The van der Waals surface area contributed by atoms with Gasteiger partial charge in [0, 0.05) is 45.4 Å². The lowest BCUT2D eigenvalue weighted by molar-refractivity contribution is -0.131. The highest BCUT2D eigenvalue weighted by molar-refractivity contribution is 5.99. The normalized spacial score (nSPS) is 16.0. The summed E-state index contributed by atoms with van der Waals surface area (Å²) in [6.07, 6.45) is 1.59. The Labute approximate surface area is 134 Å². The molecule has 0 aliphatic carbocycles. The second kappa shape index (κ2) is 6.45. The van der Waals surface area contributed by atoms with Gasteiger partial charge in [-0.05, 0) is 6.54 Å². The van der Waals surface area contributed by atoms with Gasteiger partial charge in [0.15, 0.2) is 5.58 Å². The van der Waals surface area contributed by atoms with Crippen LogP contribution in [0.3, 0.4) is 0 Å². The number of hydrogen-bond donors (Lipinski definition) is 1. The van der Waals surface area contributed by atoms with Crippen molar-refractivity contribution >= 4 is 22.9 Å². The van der Waals surface area contributed by atoms with Crippen molar-refractivity contribution in [2.24, 2.45) is 7.05 Å². The molecule has 2 amide bonds. The zero-order valence-corrected chi connectivity index (χ0v) is 13.5. The van der Waals surface area contributed by atoms with Crippen molar-refractivity contribution in [3.8, 4) is 0 Å². The Morgan fingerprint density at radius 1 is 1.26 bits per heavy atom.